The van der Waals surface area contributed by atoms with Crippen molar-refractivity contribution in [2.24, 2.45) is 0 Å². The van der Waals surface area contributed by atoms with E-state index >= 15 is 0 Å². The number of amides is 2. The number of carboxylic acids is 1. The fourth-order valence-corrected chi connectivity index (χ4v) is 5.73. The number of carboxylic acid groups (broad SMARTS) is 1. The molecule has 2 unspecified atom stereocenters. The minimum absolute atomic E-state index is 0. The standard InChI is InChI=1S/C19H28BNO7.C17H24BNO7.Li.H2O/c1-6-25-16(22)11-15-17-12(2)9-13(10-14(17)20(24)28-15)26-8-7-21-18(23)27-19(3,4)5;1-10-7-11(24-6-5-19-16(22)25-17(2,3)4)8-12-15(10)13(9-14(20)21)26-18(12)23;;/h9-10,15,24H,6-8,11H2,1-5H3,(H,21,23);7-8,13,23H,5-6,9H2,1-4H3,(H,19,22)(H,20,21);;1H2/q;;+1;/p-1. The topological polar surface area (TPSA) is 248 Å². The van der Waals surface area contributed by atoms with Crippen molar-refractivity contribution in [3.05, 3.63) is 46.5 Å². The number of fused-ring (bicyclic) bond motifs is 2. The van der Waals surface area contributed by atoms with Gasteiger partial charge in [0.15, 0.2) is 0 Å². The van der Waals surface area contributed by atoms with E-state index in [1.807, 2.05) is 13.0 Å². The van der Waals surface area contributed by atoms with E-state index < -0.39 is 55.8 Å². The maximum atomic E-state index is 11.8. The number of hydrogen-bond acceptors (Lipinski definition) is 14. The van der Waals surface area contributed by atoms with Crippen molar-refractivity contribution in [1.82, 2.24) is 10.6 Å². The van der Waals surface area contributed by atoms with Crippen LogP contribution in [0.1, 0.15) is 95.8 Å². The van der Waals surface area contributed by atoms with E-state index in [4.69, 9.17) is 38.1 Å². The molecular weight excluding hydrogens is 729 g/mol. The molecular formula is C36H53B2LiN2O15. The molecule has 0 fully saturated rings. The van der Waals surface area contributed by atoms with Crippen LogP contribution in [0, 0.1) is 13.8 Å². The van der Waals surface area contributed by atoms with Crippen LogP contribution < -0.4 is 49.9 Å². The fraction of sp³-hybridized carbons (Fsp3) is 0.556. The molecule has 2 aliphatic rings. The first kappa shape index (κ1) is 50.1. The summed E-state index contributed by atoms with van der Waals surface area (Å²) in [5.41, 5.74) is 3.04. The molecule has 56 heavy (non-hydrogen) atoms. The van der Waals surface area contributed by atoms with Gasteiger partial charge in [-0.2, -0.15) is 0 Å². The summed E-state index contributed by atoms with van der Waals surface area (Å²) in [5, 5.41) is 34.4. The van der Waals surface area contributed by atoms with Crippen molar-refractivity contribution in [1.29, 1.82) is 0 Å². The molecule has 0 aromatic heterocycles. The summed E-state index contributed by atoms with van der Waals surface area (Å²) < 4.78 is 37.4. The van der Waals surface area contributed by atoms with Crippen LogP contribution in [-0.4, -0.2) is 103 Å². The Labute approximate surface area is 340 Å². The summed E-state index contributed by atoms with van der Waals surface area (Å²) in [5.74, 6) is -0.323. The monoisotopic (exact) mass is 782 g/mol. The quantitative estimate of drug-likeness (QED) is 0.0749. The number of nitrogens with one attached hydrogen (secondary N) is 2. The Balaban J connectivity index is 0.000000542. The van der Waals surface area contributed by atoms with Crippen LogP contribution in [0.2, 0.25) is 0 Å². The number of benzene rings is 2. The van der Waals surface area contributed by atoms with Crippen LogP contribution >= 0.6 is 0 Å². The SMILES string of the molecule is CCOC(=O)CC1OB(O)c2cc(OCCNC(=O)OC(C)(C)C)cc(C)c21.Cc1cc(OCCNC(=O)OC(C)(C)C)cc2c1C(CC(=O)O)OB2O.[Li+].[OH-]. The van der Waals surface area contributed by atoms with Gasteiger partial charge in [-0.15, -0.1) is 0 Å². The molecule has 2 aliphatic heterocycles. The van der Waals surface area contributed by atoms with Crippen LogP contribution in [0.15, 0.2) is 24.3 Å². The molecule has 0 spiro atoms. The van der Waals surface area contributed by atoms with Gasteiger partial charge in [-0.05, 0) is 120 Å². The molecule has 17 nitrogen and oxygen atoms in total. The van der Waals surface area contributed by atoms with E-state index in [0.717, 1.165) is 16.7 Å². The Morgan fingerprint density at radius 2 is 1.12 bits per heavy atom. The number of esters is 1. The van der Waals surface area contributed by atoms with Gasteiger partial charge in [0, 0.05) is 0 Å². The van der Waals surface area contributed by atoms with Gasteiger partial charge >= 0.3 is 57.2 Å². The Kier molecular flexibility index (Phi) is 19.8. The number of ether oxygens (including phenoxy) is 5. The Morgan fingerprint density at radius 1 is 0.732 bits per heavy atom. The maximum absolute atomic E-state index is 11.8. The number of carbonyl (C=O) groups is 4. The van der Waals surface area contributed by atoms with Crippen LogP contribution in [0.5, 0.6) is 11.5 Å². The predicted molar refractivity (Wildman–Crippen MR) is 200 cm³/mol. The average molecular weight is 782 g/mol. The molecule has 20 heteroatoms. The fourth-order valence-electron chi connectivity index (χ4n) is 5.73. The van der Waals surface area contributed by atoms with Crippen molar-refractivity contribution in [2.75, 3.05) is 32.9 Å². The van der Waals surface area contributed by atoms with Crippen molar-refractivity contribution < 1.29 is 91.7 Å². The smallest absolute Gasteiger partial charge is 0.870 e. The second-order valence-corrected chi connectivity index (χ2v) is 14.6. The largest absolute Gasteiger partial charge is 1.00 e. The molecule has 0 bridgehead atoms. The summed E-state index contributed by atoms with van der Waals surface area (Å²) in [7, 11) is -2.31. The third kappa shape index (κ3) is 15.9. The van der Waals surface area contributed by atoms with Crippen LogP contribution in [0.4, 0.5) is 9.59 Å². The van der Waals surface area contributed by atoms with Crippen molar-refractivity contribution in [3.63, 3.8) is 0 Å². The van der Waals surface area contributed by atoms with Gasteiger partial charge in [0.25, 0.3) is 0 Å². The van der Waals surface area contributed by atoms with Crippen LogP contribution in [-0.2, 0) is 33.1 Å². The summed E-state index contributed by atoms with van der Waals surface area (Å²) in [6, 6.07) is 6.88. The van der Waals surface area contributed by atoms with E-state index in [1.165, 1.54) is 0 Å². The number of rotatable bonds is 13. The zero-order chi connectivity index (χ0) is 40.4. The van der Waals surface area contributed by atoms with Crippen LogP contribution in [0.25, 0.3) is 0 Å². The molecule has 2 aromatic carbocycles. The van der Waals surface area contributed by atoms with Gasteiger partial charge in [0.2, 0.25) is 0 Å². The van der Waals surface area contributed by atoms with Gasteiger partial charge in [-0.3, -0.25) is 9.59 Å². The van der Waals surface area contributed by atoms with Gasteiger partial charge < -0.3 is 64.3 Å². The van der Waals surface area contributed by atoms with E-state index in [9.17, 15) is 29.2 Å². The second kappa shape index (κ2) is 22.1. The number of hydrogen-bond donors (Lipinski definition) is 5. The number of aryl methyl sites for hydroxylation is 2. The minimum Gasteiger partial charge on any atom is -0.870 e. The van der Waals surface area contributed by atoms with Gasteiger partial charge in [-0.25, -0.2) is 9.59 Å². The van der Waals surface area contributed by atoms with Crippen molar-refractivity contribution in [3.8, 4) is 11.5 Å². The average Bonchev–Trinajstić information content (AvgIpc) is 3.51. The molecule has 4 rings (SSSR count). The first-order valence-electron chi connectivity index (χ1n) is 17.7. The van der Waals surface area contributed by atoms with Gasteiger partial charge in [0.1, 0.15) is 35.9 Å². The molecule has 2 heterocycles. The minimum atomic E-state index is -1.18. The molecule has 6 N–H and O–H groups in total. The van der Waals surface area contributed by atoms with Crippen molar-refractivity contribution in [2.45, 2.75) is 98.6 Å². The molecule has 304 valence electrons. The number of alkyl carbamates (subject to hydrolysis) is 2. The maximum Gasteiger partial charge on any atom is 1.00 e. The van der Waals surface area contributed by atoms with Gasteiger partial charge in [-0.1, -0.05) is 0 Å². The van der Waals surface area contributed by atoms with E-state index in [-0.39, 0.29) is 69.5 Å². The molecule has 0 saturated heterocycles. The molecule has 2 aromatic rings. The Morgan fingerprint density at radius 3 is 1.48 bits per heavy atom. The van der Waals surface area contributed by atoms with E-state index in [0.29, 0.717) is 34.6 Å². The first-order chi connectivity index (χ1) is 25.2. The molecule has 0 radical (unpaired) electrons. The predicted octanol–water partition coefficient (Wildman–Crippen LogP) is -0.430. The Hall–Kier alpha value is -3.95. The zero-order valence-electron chi connectivity index (χ0n) is 33.8. The Bertz CT molecular complexity index is 1650. The summed E-state index contributed by atoms with van der Waals surface area (Å²) in [6.45, 7) is 17.4. The third-order valence-electron chi connectivity index (χ3n) is 7.64. The molecule has 0 saturated carbocycles. The zero-order valence-corrected chi connectivity index (χ0v) is 33.8. The second-order valence-electron chi connectivity index (χ2n) is 14.6. The van der Waals surface area contributed by atoms with Crippen LogP contribution in [0.3, 0.4) is 0 Å². The van der Waals surface area contributed by atoms with Gasteiger partial charge in [0.05, 0.1) is 44.7 Å². The molecule has 2 amide bonds. The summed E-state index contributed by atoms with van der Waals surface area (Å²) in [6.07, 6.45) is -2.44. The molecule has 2 atom stereocenters. The third-order valence-corrected chi connectivity index (χ3v) is 7.64. The van der Waals surface area contributed by atoms with E-state index in [2.05, 4.69) is 10.6 Å². The van der Waals surface area contributed by atoms with E-state index in [1.54, 1.807) is 73.6 Å². The number of aliphatic carboxylic acids is 1. The molecule has 0 aliphatic carbocycles. The summed E-state index contributed by atoms with van der Waals surface area (Å²) >= 11 is 0. The normalized spacial score (nSPS) is 15.4. The number of carbonyl (C=O) groups excluding carboxylic acids is 3. The first-order valence-corrected chi connectivity index (χ1v) is 17.7. The summed E-state index contributed by atoms with van der Waals surface area (Å²) in [4.78, 5) is 45.9. The van der Waals surface area contributed by atoms with Crippen molar-refractivity contribution >= 4 is 49.3 Å².